The first-order valence-corrected chi connectivity index (χ1v) is 8.21. The summed E-state index contributed by atoms with van der Waals surface area (Å²) in [6.07, 6.45) is 0. The Morgan fingerprint density at radius 2 is 1.64 bits per heavy atom. The van der Waals surface area contributed by atoms with E-state index in [2.05, 4.69) is 20.6 Å². The monoisotopic (exact) mass is 372 g/mol. The minimum atomic E-state index is -0.420. The van der Waals surface area contributed by atoms with Gasteiger partial charge in [0.1, 0.15) is 5.69 Å². The zero-order valence-corrected chi connectivity index (χ0v) is 14.8. The molecule has 2 aromatic carbocycles. The number of carbonyl (C=O) groups is 1. The van der Waals surface area contributed by atoms with Crippen LogP contribution in [0.1, 0.15) is 16.2 Å². The Labute approximate surface area is 155 Å². The lowest BCUT2D eigenvalue weighted by Crippen LogP contribution is -2.16. The molecule has 0 fully saturated rings. The van der Waals surface area contributed by atoms with E-state index in [1.54, 1.807) is 31.2 Å². The summed E-state index contributed by atoms with van der Waals surface area (Å²) >= 11 is 12.2. The molecule has 0 bridgehead atoms. The fraction of sp³-hybridized carbons (Fsp3) is 0.0556. The van der Waals surface area contributed by atoms with Gasteiger partial charge < -0.3 is 10.6 Å². The molecule has 0 aliphatic heterocycles. The Kier molecular flexibility index (Phi) is 5.16. The van der Waals surface area contributed by atoms with Crippen molar-refractivity contribution >= 4 is 46.4 Å². The fourth-order valence-corrected chi connectivity index (χ4v) is 2.68. The first kappa shape index (κ1) is 17.2. The molecule has 25 heavy (non-hydrogen) atoms. The van der Waals surface area contributed by atoms with Crippen molar-refractivity contribution in [2.75, 3.05) is 10.6 Å². The van der Waals surface area contributed by atoms with Crippen LogP contribution in [-0.4, -0.2) is 15.9 Å². The predicted octanol–water partition coefficient (Wildman–Crippen LogP) is 5.09. The minimum Gasteiger partial charge on any atom is -0.324 e. The third-order valence-electron chi connectivity index (χ3n) is 3.32. The van der Waals surface area contributed by atoms with Crippen LogP contribution in [0.2, 0.25) is 10.0 Å². The van der Waals surface area contributed by atoms with Crippen molar-refractivity contribution in [3.05, 3.63) is 76.0 Å². The first-order chi connectivity index (χ1) is 12.0. The van der Waals surface area contributed by atoms with Crippen LogP contribution in [0, 0.1) is 6.92 Å². The van der Waals surface area contributed by atoms with Gasteiger partial charge in [0, 0.05) is 11.4 Å². The molecule has 2 N–H and O–H groups in total. The SMILES string of the molecule is Cc1cc(C(=O)Nc2c(Cl)cccc2Cl)nc(Nc2ccccc2)n1. The average Bonchev–Trinajstić information content (AvgIpc) is 2.58. The number of anilines is 3. The maximum Gasteiger partial charge on any atom is 0.274 e. The number of aromatic nitrogens is 2. The molecular formula is C18H14Cl2N4O. The van der Waals surface area contributed by atoms with Crippen molar-refractivity contribution in [3.8, 4) is 0 Å². The maximum atomic E-state index is 12.5. The number of rotatable bonds is 4. The first-order valence-electron chi connectivity index (χ1n) is 7.46. The number of carbonyl (C=O) groups excluding carboxylic acids is 1. The van der Waals surface area contributed by atoms with Crippen molar-refractivity contribution < 1.29 is 4.79 Å². The number of benzene rings is 2. The molecule has 1 aromatic heterocycles. The fourth-order valence-electron chi connectivity index (χ4n) is 2.19. The van der Waals surface area contributed by atoms with Crippen LogP contribution in [0.5, 0.6) is 0 Å². The van der Waals surface area contributed by atoms with E-state index in [4.69, 9.17) is 23.2 Å². The lowest BCUT2D eigenvalue weighted by atomic mass is 10.2. The van der Waals surface area contributed by atoms with E-state index < -0.39 is 5.91 Å². The molecule has 0 atom stereocenters. The van der Waals surface area contributed by atoms with Crippen molar-refractivity contribution in [3.63, 3.8) is 0 Å². The smallest absolute Gasteiger partial charge is 0.274 e. The molecule has 126 valence electrons. The number of amides is 1. The molecule has 1 amide bonds. The second-order valence-corrected chi connectivity index (χ2v) is 6.07. The predicted molar refractivity (Wildman–Crippen MR) is 101 cm³/mol. The van der Waals surface area contributed by atoms with Crippen molar-refractivity contribution in [1.82, 2.24) is 9.97 Å². The van der Waals surface area contributed by atoms with E-state index in [0.29, 0.717) is 27.4 Å². The second kappa shape index (κ2) is 7.51. The molecule has 3 aromatic rings. The van der Waals surface area contributed by atoms with E-state index in [-0.39, 0.29) is 5.69 Å². The summed E-state index contributed by atoms with van der Waals surface area (Å²) < 4.78 is 0. The zero-order valence-electron chi connectivity index (χ0n) is 13.3. The van der Waals surface area contributed by atoms with E-state index in [9.17, 15) is 4.79 Å². The van der Waals surface area contributed by atoms with E-state index in [1.165, 1.54) is 0 Å². The van der Waals surface area contributed by atoms with Gasteiger partial charge in [0.2, 0.25) is 5.95 Å². The number of halogens is 2. The molecule has 0 unspecified atom stereocenters. The highest BCUT2D eigenvalue weighted by molar-refractivity contribution is 6.40. The molecule has 3 rings (SSSR count). The molecule has 0 saturated carbocycles. The summed E-state index contributed by atoms with van der Waals surface area (Å²) in [7, 11) is 0. The van der Waals surface area contributed by atoms with E-state index in [1.807, 2.05) is 30.3 Å². The molecular weight excluding hydrogens is 359 g/mol. The molecule has 1 heterocycles. The van der Waals surface area contributed by atoms with Gasteiger partial charge >= 0.3 is 0 Å². The third kappa shape index (κ3) is 4.26. The number of nitrogens with one attached hydrogen (secondary N) is 2. The summed E-state index contributed by atoms with van der Waals surface area (Å²) in [5.41, 5.74) is 2.05. The van der Waals surface area contributed by atoms with Gasteiger partial charge in [0.15, 0.2) is 0 Å². The largest absolute Gasteiger partial charge is 0.324 e. The summed E-state index contributed by atoms with van der Waals surface area (Å²) in [5, 5.41) is 6.48. The van der Waals surface area contributed by atoms with Crippen LogP contribution < -0.4 is 10.6 Å². The summed E-state index contributed by atoms with van der Waals surface area (Å²) in [6, 6.07) is 16.1. The van der Waals surface area contributed by atoms with Gasteiger partial charge in [-0.05, 0) is 37.3 Å². The summed E-state index contributed by atoms with van der Waals surface area (Å²) in [5.74, 6) is -0.0850. The Morgan fingerprint density at radius 1 is 0.960 bits per heavy atom. The van der Waals surface area contributed by atoms with Gasteiger partial charge in [-0.15, -0.1) is 0 Å². The zero-order chi connectivity index (χ0) is 17.8. The van der Waals surface area contributed by atoms with E-state index >= 15 is 0 Å². The summed E-state index contributed by atoms with van der Waals surface area (Å²) in [4.78, 5) is 21.1. The number of para-hydroxylation sites is 2. The van der Waals surface area contributed by atoms with Crippen molar-refractivity contribution in [2.24, 2.45) is 0 Å². The van der Waals surface area contributed by atoms with Crippen LogP contribution >= 0.6 is 23.2 Å². The maximum absolute atomic E-state index is 12.5. The standard InChI is InChI=1S/C18H14Cl2N4O/c1-11-10-15(17(25)24-16-13(19)8-5-9-14(16)20)23-18(21-11)22-12-6-3-2-4-7-12/h2-10H,1H3,(H,24,25)(H,21,22,23). The lowest BCUT2D eigenvalue weighted by Gasteiger charge is -2.10. The van der Waals surface area contributed by atoms with Crippen LogP contribution in [0.3, 0.4) is 0 Å². The van der Waals surface area contributed by atoms with Crippen LogP contribution in [0.4, 0.5) is 17.3 Å². The van der Waals surface area contributed by atoms with Crippen molar-refractivity contribution in [2.45, 2.75) is 6.92 Å². The highest BCUT2D eigenvalue weighted by Crippen LogP contribution is 2.30. The molecule has 0 aliphatic rings. The van der Waals surface area contributed by atoms with Crippen LogP contribution in [-0.2, 0) is 0 Å². The number of aryl methyl sites for hydroxylation is 1. The Balaban J connectivity index is 1.85. The molecule has 0 radical (unpaired) electrons. The van der Waals surface area contributed by atoms with Gasteiger partial charge in [-0.1, -0.05) is 47.5 Å². The molecule has 0 saturated heterocycles. The van der Waals surface area contributed by atoms with Gasteiger partial charge in [-0.2, -0.15) is 0 Å². The van der Waals surface area contributed by atoms with Crippen molar-refractivity contribution in [1.29, 1.82) is 0 Å². The second-order valence-electron chi connectivity index (χ2n) is 5.26. The lowest BCUT2D eigenvalue weighted by molar-refractivity contribution is 0.102. The number of hydrogen-bond donors (Lipinski definition) is 2. The van der Waals surface area contributed by atoms with Gasteiger partial charge in [-0.3, -0.25) is 4.79 Å². The van der Waals surface area contributed by atoms with E-state index in [0.717, 1.165) is 5.69 Å². The normalized spacial score (nSPS) is 10.4. The third-order valence-corrected chi connectivity index (χ3v) is 3.95. The number of nitrogens with zero attached hydrogens (tertiary/aromatic N) is 2. The average molecular weight is 373 g/mol. The molecule has 5 nitrogen and oxygen atoms in total. The topological polar surface area (TPSA) is 66.9 Å². The van der Waals surface area contributed by atoms with Crippen LogP contribution in [0.15, 0.2) is 54.6 Å². The van der Waals surface area contributed by atoms with Gasteiger partial charge in [-0.25, -0.2) is 9.97 Å². The molecule has 7 heteroatoms. The Bertz CT molecular complexity index is 896. The quantitative estimate of drug-likeness (QED) is 0.669. The minimum absolute atomic E-state index is 0.210. The number of hydrogen-bond acceptors (Lipinski definition) is 4. The highest BCUT2D eigenvalue weighted by Gasteiger charge is 2.14. The highest BCUT2D eigenvalue weighted by atomic mass is 35.5. The molecule has 0 aliphatic carbocycles. The van der Waals surface area contributed by atoms with Gasteiger partial charge in [0.05, 0.1) is 15.7 Å². The molecule has 0 spiro atoms. The Hall–Kier alpha value is -2.63. The Morgan fingerprint density at radius 3 is 2.32 bits per heavy atom. The van der Waals surface area contributed by atoms with Crippen LogP contribution in [0.25, 0.3) is 0 Å². The summed E-state index contributed by atoms with van der Waals surface area (Å²) in [6.45, 7) is 1.79. The van der Waals surface area contributed by atoms with Gasteiger partial charge in [0.25, 0.3) is 5.91 Å².